The topological polar surface area (TPSA) is 40.5 Å². The summed E-state index contributed by atoms with van der Waals surface area (Å²) in [6.45, 7) is 13.2. The normalized spacial score (nSPS) is 51.5. The molecule has 0 aliphatic heterocycles. The molecule has 3 rings (SSSR count). The molecule has 0 aromatic carbocycles. The van der Waals surface area contributed by atoms with Crippen molar-refractivity contribution in [3.05, 3.63) is 23.8 Å². The third-order valence-electron chi connectivity index (χ3n) is 7.48. The number of aliphatic hydroxyl groups excluding tert-OH is 2. The highest BCUT2D eigenvalue weighted by Gasteiger charge is 2.55. The van der Waals surface area contributed by atoms with Crippen LogP contribution in [0.4, 0.5) is 0 Å². The molecular formula is C20H32O2. The molecule has 3 aliphatic rings. The second-order valence-electron chi connectivity index (χ2n) is 8.90. The largest absolute Gasteiger partial charge is 0.389 e. The molecule has 2 saturated carbocycles. The molecule has 0 radical (unpaired) electrons. The Kier molecular flexibility index (Phi) is 3.85. The summed E-state index contributed by atoms with van der Waals surface area (Å²) in [6.07, 6.45) is 6.40. The van der Waals surface area contributed by atoms with Gasteiger partial charge in [-0.1, -0.05) is 37.6 Å². The van der Waals surface area contributed by atoms with Crippen molar-refractivity contribution in [2.45, 2.75) is 72.0 Å². The molecule has 3 aliphatic carbocycles. The van der Waals surface area contributed by atoms with Crippen LogP contribution in [-0.4, -0.2) is 22.4 Å². The van der Waals surface area contributed by atoms with Crippen LogP contribution in [0.3, 0.4) is 0 Å². The van der Waals surface area contributed by atoms with Crippen LogP contribution >= 0.6 is 0 Å². The highest BCUT2D eigenvalue weighted by Crippen LogP contribution is 2.62. The highest BCUT2D eigenvalue weighted by molar-refractivity contribution is 5.22. The predicted octanol–water partition coefficient (Wildman–Crippen LogP) is 4.08. The van der Waals surface area contributed by atoms with Crippen LogP contribution in [0.2, 0.25) is 0 Å². The molecule has 2 heteroatoms. The number of aliphatic hydroxyl groups is 2. The molecule has 124 valence electrons. The molecule has 0 aromatic heterocycles. The monoisotopic (exact) mass is 304 g/mol. The SMILES string of the molecule is C=C(C)[C@@H]1CC[C@]2(C)C[C@@H]3C(C)=C[C@@H](O)[C@H](O)[C@@]3(C)CC[C@@H]12. The average Bonchev–Trinajstić information content (AvgIpc) is 2.71. The standard InChI is InChI=1S/C20H32O2/c1-12(2)14-6-8-19(4)11-16-13(3)10-17(21)18(22)20(16,5)9-7-15(14)19/h10,14-18,21-22H,1,6-9,11H2,2-5H3/t14-,15-,16+,17+,18-,19+,20-/m0/s1. The molecule has 2 nitrogen and oxygen atoms in total. The molecule has 0 heterocycles. The van der Waals surface area contributed by atoms with E-state index in [0.717, 1.165) is 19.3 Å². The number of hydrogen-bond acceptors (Lipinski definition) is 2. The summed E-state index contributed by atoms with van der Waals surface area (Å²) >= 11 is 0. The fourth-order valence-corrected chi connectivity index (χ4v) is 5.99. The minimum absolute atomic E-state index is 0.189. The number of hydrogen-bond donors (Lipinski definition) is 2. The van der Waals surface area contributed by atoms with Crippen molar-refractivity contribution in [2.75, 3.05) is 0 Å². The molecule has 0 amide bonds. The molecule has 0 saturated heterocycles. The van der Waals surface area contributed by atoms with Crippen molar-refractivity contribution in [3.8, 4) is 0 Å². The van der Waals surface area contributed by atoms with E-state index in [2.05, 4.69) is 34.3 Å². The van der Waals surface area contributed by atoms with Crippen LogP contribution in [0.15, 0.2) is 23.8 Å². The summed E-state index contributed by atoms with van der Waals surface area (Å²) in [4.78, 5) is 0. The Morgan fingerprint density at radius 3 is 2.55 bits per heavy atom. The Bertz CT molecular complexity index is 508. The van der Waals surface area contributed by atoms with Gasteiger partial charge in [0.15, 0.2) is 0 Å². The van der Waals surface area contributed by atoms with Crippen molar-refractivity contribution in [1.82, 2.24) is 0 Å². The predicted molar refractivity (Wildman–Crippen MR) is 90.4 cm³/mol. The van der Waals surface area contributed by atoms with Crippen LogP contribution in [0.5, 0.6) is 0 Å². The maximum absolute atomic E-state index is 10.7. The zero-order valence-electron chi connectivity index (χ0n) is 14.6. The van der Waals surface area contributed by atoms with Gasteiger partial charge < -0.3 is 10.2 Å². The molecule has 0 spiro atoms. The van der Waals surface area contributed by atoms with E-state index < -0.39 is 12.2 Å². The summed E-state index contributed by atoms with van der Waals surface area (Å²) in [5, 5.41) is 20.9. The fraction of sp³-hybridized carbons (Fsp3) is 0.800. The zero-order chi connectivity index (χ0) is 16.3. The van der Waals surface area contributed by atoms with Crippen molar-refractivity contribution in [3.63, 3.8) is 0 Å². The lowest BCUT2D eigenvalue weighted by atomic mass is 9.60. The quantitative estimate of drug-likeness (QED) is 0.717. The molecule has 7 atom stereocenters. The number of rotatable bonds is 1. The van der Waals surface area contributed by atoms with Gasteiger partial charge in [-0.15, -0.1) is 0 Å². The van der Waals surface area contributed by atoms with Crippen LogP contribution in [-0.2, 0) is 0 Å². The molecule has 0 bridgehead atoms. The number of allylic oxidation sites excluding steroid dienone is 2. The minimum Gasteiger partial charge on any atom is -0.389 e. The first-order valence-electron chi connectivity index (χ1n) is 8.89. The Morgan fingerprint density at radius 2 is 1.91 bits per heavy atom. The third-order valence-corrected chi connectivity index (χ3v) is 7.48. The van der Waals surface area contributed by atoms with E-state index in [4.69, 9.17) is 0 Å². The lowest BCUT2D eigenvalue weighted by Crippen LogP contribution is -2.49. The van der Waals surface area contributed by atoms with Gasteiger partial charge in [0.2, 0.25) is 0 Å². The first kappa shape index (κ1) is 16.3. The van der Waals surface area contributed by atoms with Crippen LogP contribution < -0.4 is 0 Å². The van der Waals surface area contributed by atoms with Crippen LogP contribution in [0.25, 0.3) is 0 Å². The van der Waals surface area contributed by atoms with Crippen LogP contribution in [0, 0.1) is 28.6 Å². The van der Waals surface area contributed by atoms with E-state index >= 15 is 0 Å². The van der Waals surface area contributed by atoms with Gasteiger partial charge in [-0.2, -0.15) is 0 Å². The van der Waals surface area contributed by atoms with E-state index in [9.17, 15) is 10.2 Å². The van der Waals surface area contributed by atoms with Crippen molar-refractivity contribution in [2.24, 2.45) is 28.6 Å². The summed E-state index contributed by atoms with van der Waals surface area (Å²) in [7, 11) is 0. The molecule has 2 N–H and O–H groups in total. The molecule has 22 heavy (non-hydrogen) atoms. The van der Waals surface area contributed by atoms with Gasteiger partial charge in [0, 0.05) is 5.41 Å². The Morgan fingerprint density at radius 1 is 1.23 bits per heavy atom. The van der Waals surface area contributed by atoms with Crippen molar-refractivity contribution in [1.29, 1.82) is 0 Å². The van der Waals surface area contributed by atoms with E-state index in [-0.39, 0.29) is 5.41 Å². The highest BCUT2D eigenvalue weighted by atomic mass is 16.3. The molecule has 2 fully saturated rings. The van der Waals surface area contributed by atoms with E-state index in [0.29, 0.717) is 23.2 Å². The molecule has 0 unspecified atom stereocenters. The first-order valence-corrected chi connectivity index (χ1v) is 8.89. The average molecular weight is 304 g/mol. The summed E-state index contributed by atoms with van der Waals surface area (Å²) in [5.74, 6) is 1.72. The van der Waals surface area contributed by atoms with Gasteiger partial charge in [-0.05, 0) is 69.1 Å². The molecule has 0 aromatic rings. The maximum atomic E-state index is 10.7. The summed E-state index contributed by atoms with van der Waals surface area (Å²) in [5.41, 5.74) is 2.77. The second kappa shape index (κ2) is 5.21. The fourth-order valence-electron chi connectivity index (χ4n) is 5.99. The van der Waals surface area contributed by atoms with Gasteiger partial charge in [0.25, 0.3) is 0 Å². The smallest absolute Gasteiger partial charge is 0.0988 e. The van der Waals surface area contributed by atoms with Gasteiger partial charge >= 0.3 is 0 Å². The lowest BCUT2D eigenvalue weighted by Gasteiger charge is -2.47. The second-order valence-corrected chi connectivity index (χ2v) is 8.90. The Balaban J connectivity index is 1.98. The summed E-state index contributed by atoms with van der Waals surface area (Å²) in [6, 6.07) is 0. The van der Waals surface area contributed by atoms with Crippen LogP contribution in [0.1, 0.15) is 59.8 Å². The third kappa shape index (κ3) is 2.22. The first-order chi connectivity index (χ1) is 10.2. The Hall–Kier alpha value is -0.600. The van der Waals surface area contributed by atoms with Gasteiger partial charge in [-0.3, -0.25) is 0 Å². The molecular weight excluding hydrogens is 272 g/mol. The lowest BCUT2D eigenvalue weighted by molar-refractivity contribution is -0.0762. The number of fused-ring (bicyclic) bond motifs is 2. The van der Waals surface area contributed by atoms with Gasteiger partial charge in [0.05, 0.1) is 12.2 Å². The van der Waals surface area contributed by atoms with E-state index in [1.54, 1.807) is 0 Å². The van der Waals surface area contributed by atoms with E-state index in [1.165, 1.54) is 24.0 Å². The van der Waals surface area contributed by atoms with Crippen molar-refractivity contribution < 1.29 is 10.2 Å². The Labute approximate surface area is 135 Å². The van der Waals surface area contributed by atoms with E-state index in [1.807, 2.05) is 6.08 Å². The van der Waals surface area contributed by atoms with Gasteiger partial charge in [0.1, 0.15) is 0 Å². The summed E-state index contributed by atoms with van der Waals surface area (Å²) < 4.78 is 0. The van der Waals surface area contributed by atoms with Crippen molar-refractivity contribution >= 4 is 0 Å². The van der Waals surface area contributed by atoms with Gasteiger partial charge in [-0.25, -0.2) is 0 Å². The zero-order valence-corrected chi connectivity index (χ0v) is 14.6. The maximum Gasteiger partial charge on any atom is 0.0988 e. The minimum atomic E-state index is -0.705.